The Bertz CT molecular complexity index is 358. The zero-order valence-corrected chi connectivity index (χ0v) is 10.5. The number of aliphatic imine (C=N–C) groups is 1. The molecule has 0 aliphatic carbocycles. The van der Waals surface area contributed by atoms with Crippen molar-refractivity contribution in [3.05, 3.63) is 23.9 Å². The van der Waals surface area contributed by atoms with Gasteiger partial charge in [0.25, 0.3) is 0 Å². The molecule has 5 nitrogen and oxygen atoms in total. The van der Waals surface area contributed by atoms with Gasteiger partial charge in [0.2, 0.25) is 5.88 Å². The second kappa shape index (κ2) is 7.14. The molecule has 0 unspecified atom stereocenters. The minimum absolute atomic E-state index is 0. The number of guanidine groups is 1. The molecular formula is C8H11F2IN4O. The van der Waals surface area contributed by atoms with Gasteiger partial charge >= 0.3 is 6.61 Å². The number of ether oxygens (including phenoxy) is 1. The molecule has 1 rings (SSSR count). The van der Waals surface area contributed by atoms with E-state index >= 15 is 0 Å². The first-order valence-corrected chi connectivity index (χ1v) is 4.03. The minimum Gasteiger partial charge on any atom is -0.417 e. The summed E-state index contributed by atoms with van der Waals surface area (Å²) in [6, 6.07) is 2.95. The fourth-order valence-corrected chi connectivity index (χ4v) is 0.887. The van der Waals surface area contributed by atoms with Crippen molar-refractivity contribution < 1.29 is 13.5 Å². The summed E-state index contributed by atoms with van der Waals surface area (Å²) in [5.41, 5.74) is 10.9. The van der Waals surface area contributed by atoms with E-state index in [1.165, 1.54) is 12.3 Å². The van der Waals surface area contributed by atoms with Crippen LogP contribution in [-0.4, -0.2) is 17.6 Å². The Labute approximate surface area is 108 Å². The fraction of sp³-hybridized carbons (Fsp3) is 0.250. The van der Waals surface area contributed by atoms with Gasteiger partial charge in [0.15, 0.2) is 5.96 Å². The molecule has 0 saturated heterocycles. The molecule has 8 heteroatoms. The van der Waals surface area contributed by atoms with Crippen LogP contribution in [0.5, 0.6) is 5.88 Å². The summed E-state index contributed by atoms with van der Waals surface area (Å²) in [4.78, 5) is 7.31. The number of hydrogen-bond acceptors (Lipinski definition) is 3. The maximum atomic E-state index is 11.8. The number of halogens is 3. The van der Waals surface area contributed by atoms with E-state index in [1.807, 2.05) is 0 Å². The van der Waals surface area contributed by atoms with Gasteiger partial charge in [-0.25, -0.2) is 9.98 Å². The maximum absolute atomic E-state index is 11.8. The quantitative estimate of drug-likeness (QED) is 0.486. The molecule has 16 heavy (non-hydrogen) atoms. The van der Waals surface area contributed by atoms with Gasteiger partial charge in [0, 0.05) is 12.3 Å². The van der Waals surface area contributed by atoms with Gasteiger partial charge in [-0.2, -0.15) is 8.78 Å². The first-order chi connectivity index (χ1) is 7.08. The Morgan fingerprint density at radius 2 is 2.19 bits per heavy atom. The predicted octanol–water partition coefficient (Wildman–Crippen LogP) is 1.07. The van der Waals surface area contributed by atoms with E-state index in [0.29, 0.717) is 5.56 Å². The lowest BCUT2D eigenvalue weighted by Gasteiger charge is -2.04. The van der Waals surface area contributed by atoms with Gasteiger partial charge < -0.3 is 16.2 Å². The number of aromatic nitrogens is 1. The van der Waals surface area contributed by atoms with Crippen molar-refractivity contribution in [2.75, 3.05) is 0 Å². The fourth-order valence-electron chi connectivity index (χ4n) is 0.887. The molecule has 1 aromatic rings. The van der Waals surface area contributed by atoms with E-state index in [4.69, 9.17) is 11.5 Å². The van der Waals surface area contributed by atoms with Gasteiger partial charge in [-0.1, -0.05) is 0 Å². The lowest BCUT2D eigenvalue weighted by Crippen LogP contribution is -2.22. The Kier molecular flexibility index (Phi) is 6.61. The maximum Gasteiger partial charge on any atom is 0.388 e. The van der Waals surface area contributed by atoms with Crippen LogP contribution in [0, 0.1) is 0 Å². The molecule has 0 aliphatic heterocycles. The zero-order valence-electron chi connectivity index (χ0n) is 8.14. The monoisotopic (exact) mass is 344 g/mol. The van der Waals surface area contributed by atoms with Crippen LogP contribution in [0.4, 0.5) is 8.78 Å². The summed E-state index contributed by atoms with van der Waals surface area (Å²) in [6.07, 6.45) is 1.34. The van der Waals surface area contributed by atoms with Crippen molar-refractivity contribution in [1.82, 2.24) is 4.98 Å². The molecule has 0 radical (unpaired) electrons. The molecule has 90 valence electrons. The van der Waals surface area contributed by atoms with Crippen LogP contribution in [0.25, 0.3) is 0 Å². The summed E-state index contributed by atoms with van der Waals surface area (Å²) in [7, 11) is 0. The highest BCUT2D eigenvalue weighted by Crippen LogP contribution is 2.12. The molecule has 0 aliphatic rings. The largest absolute Gasteiger partial charge is 0.417 e. The topological polar surface area (TPSA) is 86.5 Å². The summed E-state index contributed by atoms with van der Waals surface area (Å²) in [5.74, 6) is -0.226. The van der Waals surface area contributed by atoms with E-state index in [0.717, 1.165) is 0 Å². The summed E-state index contributed by atoms with van der Waals surface area (Å²) >= 11 is 0. The van der Waals surface area contributed by atoms with E-state index < -0.39 is 6.61 Å². The van der Waals surface area contributed by atoms with Gasteiger partial charge in [-0.3, -0.25) is 0 Å². The van der Waals surface area contributed by atoms with Crippen LogP contribution in [0.1, 0.15) is 5.56 Å². The number of rotatable bonds is 4. The van der Waals surface area contributed by atoms with Crippen LogP contribution in [0.2, 0.25) is 0 Å². The number of alkyl halides is 2. The van der Waals surface area contributed by atoms with Gasteiger partial charge in [0.05, 0.1) is 6.54 Å². The third kappa shape index (κ3) is 5.63. The van der Waals surface area contributed by atoms with Crippen molar-refractivity contribution in [1.29, 1.82) is 0 Å². The third-order valence-corrected chi connectivity index (χ3v) is 1.45. The molecule has 0 aromatic carbocycles. The standard InChI is InChI=1S/C8H10F2N4O.HI/c9-7(10)15-6-3-5(1-2-13-6)4-14-8(11)12;/h1-3,7H,4H2,(H4,11,12,14);1H. The first-order valence-electron chi connectivity index (χ1n) is 4.03. The van der Waals surface area contributed by atoms with Gasteiger partial charge in [0.1, 0.15) is 0 Å². The minimum atomic E-state index is -2.89. The Balaban J connectivity index is 0.00000225. The predicted molar refractivity (Wildman–Crippen MR) is 65.8 cm³/mol. The molecule has 1 aromatic heterocycles. The first kappa shape index (κ1) is 14.8. The lowest BCUT2D eigenvalue weighted by molar-refractivity contribution is -0.0528. The summed E-state index contributed by atoms with van der Waals surface area (Å²) in [6.45, 7) is -2.69. The van der Waals surface area contributed by atoms with Gasteiger partial charge in [-0.15, -0.1) is 24.0 Å². The van der Waals surface area contributed by atoms with Crippen LogP contribution >= 0.6 is 24.0 Å². The molecule has 0 fully saturated rings. The number of pyridine rings is 1. The molecular weight excluding hydrogens is 333 g/mol. The smallest absolute Gasteiger partial charge is 0.388 e. The average Bonchev–Trinajstić information content (AvgIpc) is 2.14. The van der Waals surface area contributed by atoms with Crippen molar-refractivity contribution in [2.24, 2.45) is 16.5 Å². The van der Waals surface area contributed by atoms with E-state index in [1.54, 1.807) is 6.07 Å². The highest BCUT2D eigenvalue weighted by molar-refractivity contribution is 14.0. The van der Waals surface area contributed by atoms with Crippen molar-refractivity contribution >= 4 is 29.9 Å². The Hall–Kier alpha value is -1.19. The number of nitrogens with zero attached hydrogens (tertiary/aromatic N) is 2. The van der Waals surface area contributed by atoms with E-state index in [-0.39, 0.29) is 42.4 Å². The summed E-state index contributed by atoms with van der Waals surface area (Å²) < 4.78 is 27.8. The molecule has 4 N–H and O–H groups in total. The van der Waals surface area contributed by atoms with Crippen molar-refractivity contribution in [2.45, 2.75) is 13.2 Å². The van der Waals surface area contributed by atoms with Crippen LogP contribution in [0.15, 0.2) is 23.3 Å². The summed E-state index contributed by atoms with van der Waals surface area (Å²) in [5, 5.41) is 0. The second-order valence-electron chi connectivity index (χ2n) is 2.62. The second-order valence-corrected chi connectivity index (χ2v) is 2.62. The number of hydrogen-bond donors (Lipinski definition) is 2. The zero-order chi connectivity index (χ0) is 11.3. The molecule has 0 bridgehead atoms. The lowest BCUT2D eigenvalue weighted by atomic mass is 10.3. The number of nitrogens with two attached hydrogens (primary N) is 2. The molecule has 1 heterocycles. The molecule has 0 spiro atoms. The SMILES string of the molecule is I.NC(N)=NCc1ccnc(OC(F)F)c1. The molecule has 0 amide bonds. The Morgan fingerprint density at radius 1 is 1.50 bits per heavy atom. The normalized spacial score (nSPS) is 9.44. The average molecular weight is 344 g/mol. The van der Waals surface area contributed by atoms with Gasteiger partial charge in [-0.05, 0) is 11.6 Å². The van der Waals surface area contributed by atoms with Crippen molar-refractivity contribution in [3.8, 4) is 5.88 Å². The highest BCUT2D eigenvalue weighted by atomic mass is 127. The molecule has 0 atom stereocenters. The molecule has 0 saturated carbocycles. The Morgan fingerprint density at radius 3 is 2.75 bits per heavy atom. The van der Waals surface area contributed by atoms with E-state index in [2.05, 4.69) is 14.7 Å². The van der Waals surface area contributed by atoms with Crippen LogP contribution < -0.4 is 16.2 Å². The van der Waals surface area contributed by atoms with Crippen molar-refractivity contribution in [3.63, 3.8) is 0 Å². The van der Waals surface area contributed by atoms with Crippen LogP contribution in [-0.2, 0) is 6.54 Å². The van der Waals surface area contributed by atoms with E-state index in [9.17, 15) is 8.78 Å². The van der Waals surface area contributed by atoms with Crippen LogP contribution in [0.3, 0.4) is 0 Å². The third-order valence-electron chi connectivity index (χ3n) is 1.45. The highest BCUT2D eigenvalue weighted by Gasteiger charge is 2.05.